The van der Waals surface area contributed by atoms with Crippen molar-refractivity contribution in [1.29, 1.82) is 0 Å². The summed E-state index contributed by atoms with van der Waals surface area (Å²) in [7, 11) is 0. The van der Waals surface area contributed by atoms with E-state index >= 15 is 0 Å². The molecule has 9 heteroatoms. The fourth-order valence-corrected chi connectivity index (χ4v) is 2.69. The van der Waals surface area contributed by atoms with Crippen molar-refractivity contribution in [2.45, 2.75) is 12.8 Å². The first kappa shape index (κ1) is 18.9. The Hall–Kier alpha value is -2.90. The Morgan fingerprint density at radius 1 is 1.15 bits per heavy atom. The number of rotatable bonds is 6. The molecular formula is C18H15Cl2N5O2. The Kier molecular flexibility index (Phi) is 6.05. The number of carbonyl (C=O) groups excluding carboxylic acids is 1. The molecule has 0 fully saturated rings. The number of primary amides is 1. The third kappa shape index (κ3) is 5.54. The zero-order valence-electron chi connectivity index (χ0n) is 14.0. The number of aryl methyl sites for hydroxylation is 2. The molecule has 0 radical (unpaired) electrons. The van der Waals surface area contributed by atoms with Gasteiger partial charge in [-0.25, -0.2) is 9.78 Å². The van der Waals surface area contributed by atoms with Crippen LogP contribution in [-0.2, 0) is 12.8 Å². The van der Waals surface area contributed by atoms with Gasteiger partial charge in [-0.15, -0.1) is 0 Å². The van der Waals surface area contributed by atoms with Gasteiger partial charge in [0.05, 0.1) is 6.20 Å². The summed E-state index contributed by atoms with van der Waals surface area (Å²) in [4.78, 5) is 23.0. The van der Waals surface area contributed by atoms with Crippen molar-refractivity contribution in [3.05, 3.63) is 70.4 Å². The summed E-state index contributed by atoms with van der Waals surface area (Å²) in [5.41, 5.74) is 7.72. The molecule has 2 heterocycles. The van der Waals surface area contributed by atoms with Crippen molar-refractivity contribution in [2.75, 3.05) is 5.32 Å². The zero-order valence-corrected chi connectivity index (χ0v) is 15.5. The van der Waals surface area contributed by atoms with Crippen molar-refractivity contribution in [1.82, 2.24) is 15.0 Å². The number of aromatic nitrogens is 3. The third-order valence-electron chi connectivity index (χ3n) is 3.58. The molecule has 0 aliphatic heterocycles. The van der Waals surface area contributed by atoms with Crippen molar-refractivity contribution < 1.29 is 9.53 Å². The summed E-state index contributed by atoms with van der Waals surface area (Å²) in [5.74, 6) is 0.810. The number of ether oxygens (including phenoxy) is 1. The van der Waals surface area contributed by atoms with Gasteiger partial charge in [-0.2, -0.15) is 4.98 Å². The Labute approximate surface area is 165 Å². The second-order valence-corrected chi connectivity index (χ2v) is 6.31. The standard InChI is InChI=1S/C18H15Cl2N5O2/c19-15-10-23-17(20)25-16(15)24-13-3-1-2-11(8-13)4-5-12-9-14(6-7-22-12)27-18(21)26/h1-3,6-10H,4-5H2,(H2,21,26)(H,23,24,25). The normalized spacial score (nSPS) is 10.4. The van der Waals surface area contributed by atoms with Gasteiger partial charge in [0.2, 0.25) is 5.28 Å². The largest absolute Gasteiger partial charge is 0.410 e. The number of halogens is 2. The summed E-state index contributed by atoms with van der Waals surface area (Å²) in [6.07, 6.45) is 3.57. The minimum absolute atomic E-state index is 0.113. The third-order valence-corrected chi connectivity index (χ3v) is 4.04. The molecule has 1 aromatic carbocycles. The van der Waals surface area contributed by atoms with E-state index in [9.17, 15) is 4.79 Å². The number of anilines is 2. The van der Waals surface area contributed by atoms with E-state index < -0.39 is 6.09 Å². The second kappa shape index (κ2) is 8.66. The number of carbonyl (C=O) groups is 1. The van der Waals surface area contributed by atoms with E-state index in [2.05, 4.69) is 20.3 Å². The van der Waals surface area contributed by atoms with E-state index in [0.717, 1.165) is 23.4 Å². The lowest BCUT2D eigenvalue weighted by molar-refractivity contribution is 0.211. The van der Waals surface area contributed by atoms with E-state index in [1.807, 2.05) is 24.3 Å². The molecular weight excluding hydrogens is 389 g/mol. The van der Waals surface area contributed by atoms with Crippen LogP contribution in [0.25, 0.3) is 0 Å². The number of benzene rings is 1. The predicted octanol–water partition coefficient (Wildman–Crippen LogP) is 4.16. The highest BCUT2D eigenvalue weighted by atomic mass is 35.5. The molecule has 138 valence electrons. The summed E-state index contributed by atoms with van der Waals surface area (Å²) in [6.45, 7) is 0. The Balaban J connectivity index is 1.67. The molecule has 0 atom stereocenters. The van der Waals surface area contributed by atoms with Crippen LogP contribution in [0.3, 0.4) is 0 Å². The summed E-state index contributed by atoms with van der Waals surface area (Å²) in [5, 5.41) is 3.62. The second-order valence-electron chi connectivity index (χ2n) is 5.56. The number of hydrogen-bond acceptors (Lipinski definition) is 6. The topological polar surface area (TPSA) is 103 Å². The quantitative estimate of drug-likeness (QED) is 0.598. The predicted molar refractivity (Wildman–Crippen MR) is 104 cm³/mol. The molecule has 3 rings (SSSR count). The lowest BCUT2D eigenvalue weighted by Crippen LogP contribution is -2.16. The van der Waals surface area contributed by atoms with E-state index in [-0.39, 0.29) is 5.28 Å². The van der Waals surface area contributed by atoms with Gasteiger partial charge >= 0.3 is 6.09 Å². The molecule has 3 aromatic rings. The Morgan fingerprint density at radius 3 is 2.81 bits per heavy atom. The Bertz CT molecular complexity index is 968. The van der Waals surface area contributed by atoms with Gasteiger partial charge in [-0.1, -0.05) is 23.7 Å². The molecule has 3 N–H and O–H groups in total. The van der Waals surface area contributed by atoms with Crippen molar-refractivity contribution in [2.24, 2.45) is 5.73 Å². The molecule has 0 aliphatic carbocycles. The van der Waals surface area contributed by atoms with Gasteiger partial charge in [0, 0.05) is 23.6 Å². The Morgan fingerprint density at radius 2 is 2.00 bits per heavy atom. The maximum absolute atomic E-state index is 10.8. The van der Waals surface area contributed by atoms with Gasteiger partial charge < -0.3 is 15.8 Å². The molecule has 0 saturated carbocycles. The van der Waals surface area contributed by atoms with Crippen LogP contribution in [0.1, 0.15) is 11.3 Å². The average molecular weight is 404 g/mol. The average Bonchev–Trinajstić information content (AvgIpc) is 2.63. The van der Waals surface area contributed by atoms with Crippen LogP contribution < -0.4 is 15.8 Å². The van der Waals surface area contributed by atoms with Crippen molar-refractivity contribution >= 4 is 40.8 Å². The summed E-state index contributed by atoms with van der Waals surface area (Å²) < 4.78 is 4.87. The maximum atomic E-state index is 10.8. The van der Waals surface area contributed by atoms with Crippen LogP contribution in [0.5, 0.6) is 5.75 Å². The number of amides is 1. The highest BCUT2D eigenvalue weighted by Crippen LogP contribution is 2.24. The molecule has 0 bridgehead atoms. The van der Waals surface area contributed by atoms with Crippen LogP contribution >= 0.6 is 23.2 Å². The molecule has 27 heavy (non-hydrogen) atoms. The summed E-state index contributed by atoms with van der Waals surface area (Å²) in [6, 6.07) is 11.1. The molecule has 0 saturated heterocycles. The number of nitrogens with two attached hydrogens (primary N) is 1. The minimum Gasteiger partial charge on any atom is -0.410 e. The first-order chi connectivity index (χ1) is 13.0. The van der Waals surface area contributed by atoms with Crippen LogP contribution in [0.15, 0.2) is 48.8 Å². The molecule has 2 aromatic heterocycles. The number of hydrogen-bond donors (Lipinski definition) is 2. The zero-order chi connectivity index (χ0) is 19.2. The molecule has 0 aliphatic rings. The lowest BCUT2D eigenvalue weighted by atomic mass is 10.1. The lowest BCUT2D eigenvalue weighted by Gasteiger charge is -2.09. The number of nitrogens with one attached hydrogen (secondary N) is 1. The molecule has 7 nitrogen and oxygen atoms in total. The van der Waals surface area contributed by atoms with Gasteiger partial charge in [-0.05, 0) is 48.2 Å². The van der Waals surface area contributed by atoms with E-state index in [0.29, 0.717) is 23.0 Å². The SMILES string of the molecule is NC(=O)Oc1ccnc(CCc2cccc(Nc3nc(Cl)ncc3Cl)c2)c1. The monoisotopic (exact) mass is 403 g/mol. The van der Waals surface area contributed by atoms with Crippen molar-refractivity contribution in [3.8, 4) is 5.75 Å². The number of nitrogens with zero attached hydrogens (tertiary/aromatic N) is 3. The summed E-state index contributed by atoms with van der Waals surface area (Å²) >= 11 is 11.9. The van der Waals surface area contributed by atoms with Gasteiger partial charge in [0.15, 0.2) is 5.82 Å². The van der Waals surface area contributed by atoms with Gasteiger partial charge in [0.25, 0.3) is 0 Å². The van der Waals surface area contributed by atoms with Crippen molar-refractivity contribution in [3.63, 3.8) is 0 Å². The minimum atomic E-state index is -0.852. The fraction of sp³-hybridized carbons (Fsp3) is 0.111. The van der Waals surface area contributed by atoms with Gasteiger partial charge in [0.1, 0.15) is 10.8 Å². The first-order valence-corrected chi connectivity index (χ1v) is 8.71. The smallest absolute Gasteiger partial charge is 0.409 e. The highest BCUT2D eigenvalue weighted by Gasteiger charge is 2.06. The molecule has 0 spiro atoms. The fourth-order valence-electron chi connectivity index (χ4n) is 2.42. The number of pyridine rings is 1. The van der Waals surface area contributed by atoms with E-state index in [4.69, 9.17) is 33.7 Å². The van der Waals surface area contributed by atoms with E-state index in [1.54, 1.807) is 18.3 Å². The molecule has 1 amide bonds. The highest BCUT2D eigenvalue weighted by molar-refractivity contribution is 6.33. The van der Waals surface area contributed by atoms with Crippen LogP contribution in [0, 0.1) is 0 Å². The van der Waals surface area contributed by atoms with Crippen LogP contribution in [0.2, 0.25) is 10.3 Å². The van der Waals surface area contributed by atoms with Crippen LogP contribution in [0.4, 0.5) is 16.3 Å². The molecule has 0 unspecified atom stereocenters. The van der Waals surface area contributed by atoms with Gasteiger partial charge in [-0.3, -0.25) is 4.98 Å². The van der Waals surface area contributed by atoms with Crippen LogP contribution in [-0.4, -0.2) is 21.0 Å². The maximum Gasteiger partial charge on any atom is 0.409 e. The van der Waals surface area contributed by atoms with E-state index in [1.165, 1.54) is 6.20 Å². The first-order valence-electron chi connectivity index (χ1n) is 7.96.